The molecule has 3 N–H and O–H groups in total. The van der Waals surface area contributed by atoms with Gasteiger partial charge < -0.3 is 5.73 Å². The number of aryl methyl sites for hydroxylation is 3. The molecule has 25 heavy (non-hydrogen) atoms. The van der Waals surface area contributed by atoms with Crippen LogP contribution in [0.5, 0.6) is 0 Å². The van der Waals surface area contributed by atoms with E-state index in [1.54, 1.807) is 0 Å². The van der Waals surface area contributed by atoms with Crippen LogP contribution in [0, 0.1) is 20.8 Å². The Morgan fingerprint density at radius 3 is 2.68 bits per heavy atom. The monoisotopic (exact) mass is 368 g/mol. The number of pyridine rings is 1. The van der Waals surface area contributed by atoms with E-state index in [1.807, 2.05) is 45.0 Å². The summed E-state index contributed by atoms with van der Waals surface area (Å²) in [6.45, 7) is 5.93. The predicted molar refractivity (Wildman–Crippen MR) is 106 cm³/mol. The van der Waals surface area contributed by atoms with Crippen molar-refractivity contribution >= 4 is 60.5 Å². The lowest BCUT2D eigenvalue weighted by Gasteiger charge is -2.01. The number of nitrogens with one attached hydrogen (secondary N) is 1. The number of thiazole rings is 1. The molecule has 0 radical (unpaired) electrons. The highest BCUT2D eigenvalue weighted by Gasteiger charge is 2.19. The van der Waals surface area contributed by atoms with Crippen molar-refractivity contribution in [1.29, 1.82) is 0 Å². The molecule has 0 saturated heterocycles. The molecule has 0 atom stereocenters. The van der Waals surface area contributed by atoms with Crippen molar-refractivity contribution in [3.63, 3.8) is 0 Å². The lowest BCUT2D eigenvalue weighted by Crippen LogP contribution is -2.11. The molecule has 0 aliphatic carbocycles. The smallest absolute Gasteiger partial charge is 0.269 e. The fraction of sp³-hybridized carbons (Fsp3) is 0.167. The summed E-state index contributed by atoms with van der Waals surface area (Å²) in [7, 11) is 0. The second kappa shape index (κ2) is 5.79. The highest BCUT2D eigenvalue weighted by Crippen LogP contribution is 2.35. The average molecular weight is 368 g/mol. The minimum Gasteiger partial charge on any atom is -0.397 e. The second-order valence-corrected chi connectivity index (χ2v) is 8.15. The molecule has 0 spiro atoms. The minimum absolute atomic E-state index is 0.241. The molecule has 0 saturated carbocycles. The normalized spacial score (nSPS) is 11.3. The SMILES string of the molecule is Cc1nc(NC(=O)c2sc3nc4c(C)cccc4cc3c2N)sc1C. The van der Waals surface area contributed by atoms with Crippen molar-refractivity contribution < 1.29 is 4.79 Å². The van der Waals surface area contributed by atoms with Crippen LogP contribution in [0.4, 0.5) is 10.8 Å². The van der Waals surface area contributed by atoms with Crippen LogP contribution >= 0.6 is 22.7 Å². The lowest BCUT2D eigenvalue weighted by molar-refractivity contribution is 0.103. The molecule has 4 aromatic rings. The first-order valence-electron chi connectivity index (χ1n) is 7.78. The number of thiophene rings is 1. The van der Waals surface area contributed by atoms with E-state index < -0.39 is 0 Å². The van der Waals surface area contributed by atoms with E-state index in [2.05, 4.69) is 10.3 Å². The van der Waals surface area contributed by atoms with Crippen molar-refractivity contribution in [3.05, 3.63) is 45.3 Å². The topological polar surface area (TPSA) is 80.9 Å². The van der Waals surface area contributed by atoms with Gasteiger partial charge in [-0.15, -0.1) is 22.7 Å². The third-order valence-electron chi connectivity index (χ3n) is 4.20. The van der Waals surface area contributed by atoms with Gasteiger partial charge in [-0.25, -0.2) is 9.97 Å². The largest absolute Gasteiger partial charge is 0.397 e. The molecule has 1 aromatic carbocycles. The van der Waals surface area contributed by atoms with Crippen molar-refractivity contribution in [2.75, 3.05) is 11.1 Å². The van der Waals surface area contributed by atoms with Crippen molar-refractivity contribution in [2.24, 2.45) is 0 Å². The zero-order valence-corrected chi connectivity index (χ0v) is 15.6. The first-order valence-corrected chi connectivity index (χ1v) is 9.41. The van der Waals surface area contributed by atoms with Crippen LogP contribution in [-0.4, -0.2) is 15.9 Å². The number of nitrogen functional groups attached to an aromatic ring is 1. The molecule has 3 heterocycles. The first-order chi connectivity index (χ1) is 11.9. The van der Waals surface area contributed by atoms with Gasteiger partial charge in [0.2, 0.25) is 0 Å². The number of nitrogens with two attached hydrogens (primary N) is 1. The van der Waals surface area contributed by atoms with Crippen LogP contribution in [0.1, 0.15) is 25.8 Å². The fourth-order valence-electron chi connectivity index (χ4n) is 2.72. The highest BCUT2D eigenvalue weighted by atomic mass is 32.1. The second-order valence-electron chi connectivity index (χ2n) is 5.95. The Morgan fingerprint density at radius 2 is 1.96 bits per heavy atom. The minimum atomic E-state index is -0.241. The molecule has 126 valence electrons. The Morgan fingerprint density at radius 1 is 1.16 bits per heavy atom. The van der Waals surface area contributed by atoms with E-state index >= 15 is 0 Å². The number of benzene rings is 1. The van der Waals surface area contributed by atoms with Crippen LogP contribution < -0.4 is 11.1 Å². The fourth-order valence-corrected chi connectivity index (χ4v) is 4.51. The number of carbonyl (C=O) groups excluding carboxylic acids is 1. The van der Waals surface area contributed by atoms with Crippen molar-refractivity contribution in [2.45, 2.75) is 20.8 Å². The molecule has 0 unspecified atom stereocenters. The maximum Gasteiger partial charge on any atom is 0.269 e. The molecular weight excluding hydrogens is 352 g/mol. The van der Waals surface area contributed by atoms with Gasteiger partial charge in [-0.05, 0) is 32.4 Å². The molecule has 0 fully saturated rings. The molecule has 4 rings (SSSR count). The summed E-state index contributed by atoms with van der Waals surface area (Å²) >= 11 is 2.77. The highest BCUT2D eigenvalue weighted by molar-refractivity contribution is 7.21. The summed E-state index contributed by atoms with van der Waals surface area (Å²) < 4.78 is 0. The zero-order chi connectivity index (χ0) is 17.7. The van der Waals surface area contributed by atoms with E-state index in [0.717, 1.165) is 37.3 Å². The Balaban J connectivity index is 1.79. The number of para-hydroxylation sites is 1. The maximum atomic E-state index is 12.6. The van der Waals surface area contributed by atoms with Crippen molar-refractivity contribution in [1.82, 2.24) is 9.97 Å². The number of aromatic nitrogens is 2. The van der Waals surface area contributed by atoms with Gasteiger partial charge in [0, 0.05) is 15.6 Å². The molecule has 0 aliphatic rings. The van der Waals surface area contributed by atoms with Gasteiger partial charge in [0.15, 0.2) is 5.13 Å². The Kier molecular flexibility index (Phi) is 3.70. The first kappa shape index (κ1) is 16.0. The standard InChI is InChI=1S/C18H16N4OS2/c1-8-5-4-6-11-7-12-13(19)15(25-17(12)21-14(8)11)16(23)22-18-20-9(2)10(3)24-18/h4-7H,19H2,1-3H3,(H,20,22,23). The number of hydrogen-bond acceptors (Lipinski definition) is 6. The van der Waals surface area contributed by atoms with Gasteiger partial charge >= 0.3 is 0 Å². The van der Waals surface area contributed by atoms with Crippen molar-refractivity contribution in [3.8, 4) is 0 Å². The van der Waals surface area contributed by atoms with Gasteiger partial charge in [-0.2, -0.15) is 0 Å². The number of rotatable bonds is 2. The van der Waals surface area contributed by atoms with E-state index in [-0.39, 0.29) is 5.91 Å². The summed E-state index contributed by atoms with van der Waals surface area (Å²) in [6.07, 6.45) is 0. The van der Waals surface area contributed by atoms with Crippen LogP contribution in [0.3, 0.4) is 0 Å². The maximum absolute atomic E-state index is 12.6. The number of carbonyl (C=O) groups is 1. The molecule has 1 amide bonds. The molecule has 0 bridgehead atoms. The summed E-state index contributed by atoms with van der Waals surface area (Å²) in [5.41, 5.74) is 9.69. The Bertz CT molecular complexity index is 1120. The molecule has 7 heteroatoms. The van der Waals surface area contributed by atoms with Gasteiger partial charge in [-0.1, -0.05) is 18.2 Å². The van der Waals surface area contributed by atoms with E-state index in [4.69, 9.17) is 10.7 Å². The molecule has 3 aromatic heterocycles. The Labute approximate surface area is 152 Å². The summed E-state index contributed by atoms with van der Waals surface area (Å²) in [4.78, 5) is 24.0. The molecule has 5 nitrogen and oxygen atoms in total. The summed E-state index contributed by atoms with van der Waals surface area (Å²) in [5.74, 6) is -0.241. The van der Waals surface area contributed by atoms with Crippen LogP contribution in [-0.2, 0) is 0 Å². The lowest BCUT2D eigenvalue weighted by atomic mass is 10.1. The van der Waals surface area contributed by atoms with E-state index in [9.17, 15) is 4.79 Å². The number of fused-ring (bicyclic) bond motifs is 2. The van der Waals surface area contributed by atoms with Gasteiger partial charge in [0.25, 0.3) is 5.91 Å². The third-order valence-corrected chi connectivity index (χ3v) is 6.30. The zero-order valence-electron chi connectivity index (χ0n) is 14.0. The van der Waals surface area contributed by atoms with Crippen LogP contribution in [0.25, 0.3) is 21.1 Å². The third kappa shape index (κ3) is 2.65. The quantitative estimate of drug-likeness (QED) is 0.539. The van der Waals surface area contributed by atoms with E-state index in [1.165, 1.54) is 22.7 Å². The van der Waals surface area contributed by atoms with Gasteiger partial charge in [0.1, 0.15) is 9.71 Å². The van der Waals surface area contributed by atoms with E-state index in [0.29, 0.717) is 15.7 Å². The predicted octanol–water partition coefficient (Wildman–Crippen LogP) is 4.67. The van der Waals surface area contributed by atoms with Crippen LogP contribution in [0.2, 0.25) is 0 Å². The number of hydrogen-bond donors (Lipinski definition) is 2. The average Bonchev–Trinajstić information content (AvgIpc) is 3.06. The van der Waals surface area contributed by atoms with Crippen LogP contribution in [0.15, 0.2) is 24.3 Å². The van der Waals surface area contributed by atoms with Gasteiger partial charge in [-0.3, -0.25) is 10.1 Å². The molecular formula is C18H16N4OS2. The number of amides is 1. The summed E-state index contributed by atoms with van der Waals surface area (Å²) in [6, 6.07) is 8.03. The van der Waals surface area contributed by atoms with Gasteiger partial charge in [0.05, 0.1) is 16.9 Å². The number of anilines is 2. The molecule has 0 aliphatic heterocycles. The Hall–Kier alpha value is -2.51. The number of nitrogens with zero attached hydrogens (tertiary/aromatic N) is 2. The summed E-state index contributed by atoms with van der Waals surface area (Å²) in [5, 5.41) is 5.28.